The van der Waals surface area contributed by atoms with E-state index in [4.69, 9.17) is 10.8 Å². The third kappa shape index (κ3) is 4.94. The van der Waals surface area contributed by atoms with Crippen LogP contribution < -0.4 is 11.1 Å². The van der Waals surface area contributed by atoms with Crippen LogP contribution in [0.4, 0.5) is 5.69 Å². The Bertz CT molecular complexity index is 528. The molecule has 22 heavy (non-hydrogen) atoms. The molecule has 0 unspecified atom stereocenters. The first-order chi connectivity index (χ1) is 10.6. The molecule has 1 aliphatic rings. The Labute approximate surface area is 134 Å². The number of hydrogen-bond acceptors (Lipinski definition) is 4. The Hall–Kier alpha value is -1.69. The van der Waals surface area contributed by atoms with E-state index in [9.17, 15) is 9.59 Å². The van der Waals surface area contributed by atoms with Gasteiger partial charge in [0.2, 0.25) is 5.91 Å². The molecule has 1 aliphatic carbocycles. The van der Waals surface area contributed by atoms with Crippen LogP contribution in [0.1, 0.15) is 32.1 Å². The Kier molecular flexibility index (Phi) is 6.12. The van der Waals surface area contributed by atoms with E-state index in [0.717, 1.165) is 36.3 Å². The summed E-state index contributed by atoms with van der Waals surface area (Å²) in [5.74, 6) is -0.496. The molecule has 1 saturated carbocycles. The van der Waals surface area contributed by atoms with Gasteiger partial charge in [-0.2, -0.15) is 0 Å². The number of benzene rings is 1. The summed E-state index contributed by atoms with van der Waals surface area (Å²) in [6, 6.07) is 8.31. The summed E-state index contributed by atoms with van der Waals surface area (Å²) in [5.41, 5.74) is 6.22. The van der Waals surface area contributed by atoms with Gasteiger partial charge in [0.05, 0.1) is 5.92 Å². The molecule has 1 aromatic rings. The third-order valence-electron chi connectivity index (χ3n) is 3.93. The van der Waals surface area contributed by atoms with Crippen molar-refractivity contribution in [3.63, 3.8) is 0 Å². The molecule has 120 valence electrons. The molecule has 0 bridgehead atoms. The van der Waals surface area contributed by atoms with Crippen LogP contribution in [0.3, 0.4) is 0 Å². The molecule has 0 aromatic heterocycles. The molecule has 1 amide bonds. The van der Waals surface area contributed by atoms with Gasteiger partial charge >= 0.3 is 5.97 Å². The van der Waals surface area contributed by atoms with Crippen molar-refractivity contribution in [2.75, 3.05) is 11.1 Å². The van der Waals surface area contributed by atoms with Crippen molar-refractivity contribution in [2.45, 2.75) is 43.0 Å². The first-order valence-corrected chi connectivity index (χ1v) is 8.54. The highest BCUT2D eigenvalue weighted by molar-refractivity contribution is 7.99. The van der Waals surface area contributed by atoms with Crippen LogP contribution in [0.15, 0.2) is 29.2 Å². The molecule has 6 heteroatoms. The van der Waals surface area contributed by atoms with Crippen LogP contribution in [0.2, 0.25) is 0 Å². The molecule has 0 atom stereocenters. The number of carbonyl (C=O) groups excluding carboxylic acids is 1. The molecule has 5 nitrogen and oxygen atoms in total. The predicted molar refractivity (Wildman–Crippen MR) is 88.0 cm³/mol. The standard InChI is InChI=1S/C16H22N2O3S/c17-15(19)9-10-22-14-4-2-1-3-13(14)18-12-7-5-11(6-8-12)16(20)21/h1-4,11-12,18H,5-10H2,(H2,17,19)(H,20,21). The number of anilines is 1. The molecule has 1 aromatic carbocycles. The average Bonchev–Trinajstić information content (AvgIpc) is 2.49. The van der Waals surface area contributed by atoms with Crippen LogP contribution >= 0.6 is 11.8 Å². The summed E-state index contributed by atoms with van der Waals surface area (Å²) >= 11 is 1.61. The number of thioether (sulfide) groups is 1. The maximum atomic E-state index is 11.0. The number of primary amides is 1. The van der Waals surface area contributed by atoms with Crippen molar-refractivity contribution in [3.8, 4) is 0 Å². The normalized spacial score (nSPS) is 21.3. The Morgan fingerprint density at radius 3 is 2.55 bits per heavy atom. The van der Waals surface area contributed by atoms with E-state index in [1.54, 1.807) is 11.8 Å². The second-order valence-electron chi connectivity index (χ2n) is 5.59. The van der Waals surface area contributed by atoms with Crippen molar-refractivity contribution < 1.29 is 14.7 Å². The Morgan fingerprint density at radius 1 is 1.23 bits per heavy atom. The molecule has 0 aliphatic heterocycles. The molecular weight excluding hydrogens is 300 g/mol. The maximum absolute atomic E-state index is 11.0. The zero-order valence-electron chi connectivity index (χ0n) is 12.5. The van der Waals surface area contributed by atoms with Crippen molar-refractivity contribution >= 4 is 29.3 Å². The average molecular weight is 322 g/mol. The van der Waals surface area contributed by atoms with Crippen molar-refractivity contribution in [1.29, 1.82) is 0 Å². The van der Waals surface area contributed by atoms with Gasteiger partial charge < -0.3 is 16.2 Å². The summed E-state index contributed by atoms with van der Waals surface area (Å²) in [6.07, 6.45) is 3.56. The number of rotatable bonds is 7. The first kappa shape index (κ1) is 16.7. The fourth-order valence-electron chi connectivity index (χ4n) is 2.68. The van der Waals surface area contributed by atoms with Gasteiger partial charge in [0, 0.05) is 28.8 Å². The highest BCUT2D eigenvalue weighted by atomic mass is 32.2. The van der Waals surface area contributed by atoms with E-state index < -0.39 is 5.97 Å². The predicted octanol–water partition coefficient (Wildman–Crippen LogP) is 2.71. The lowest BCUT2D eigenvalue weighted by molar-refractivity contribution is -0.142. The van der Waals surface area contributed by atoms with Crippen molar-refractivity contribution in [2.24, 2.45) is 11.7 Å². The number of hydrogen-bond donors (Lipinski definition) is 3. The topological polar surface area (TPSA) is 92.4 Å². The summed E-state index contributed by atoms with van der Waals surface area (Å²) in [4.78, 5) is 22.9. The molecule has 4 N–H and O–H groups in total. The van der Waals surface area contributed by atoms with Crippen LogP contribution in [-0.2, 0) is 9.59 Å². The second-order valence-corrected chi connectivity index (χ2v) is 6.73. The van der Waals surface area contributed by atoms with Gasteiger partial charge in [0.25, 0.3) is 0 Å². The van der Waals surface area contributed by atoms with Crippen LogP contribution in [0.5, 0.6) is 0 Å². The Morgan fingerprint density at radius 2 is 1.91 bits per heavy atom. The number of carbonyl (C=O) groups is 2. The molecule has 0 radical (unpaired) electrons. The summed E-state index contributed by atoms with van der Waals surface area (Å²) in [5, 5.41) is 12.6. The van der Waals surface area contributed by atoms with E-state index in [-0.39, 0.29) is 11.8 Å². The van der Waals surface area contributed by atoms with Gasteiger partial charge in [-0.05, 0) is 37.8 Å². The number of carboxylic acid groups (broad SMARTS) is 1. The summed E-state index contributed by atoms with van der Waals surface area (Å²) in [6.45, 7) is 0. The molecular formula is C16H22N2O3S. The summed E-state index contributed by atoms with van der Waals surface area (Å²) < 4.78 is 0. The van der Waals surface area contributed by atoms with Crippen molar-refractivity contribution in [1.82, 2.24) is 0 Å². The minimum atomic E-state index is -0.680. The molecule has 1 fully saturated rings. The smallest absolute Gasteiger partial charge is 0.306 e. The maximum Gasteiger partial charge on any atom is 0.306 e. The quantitative estimate of drug-likeness (QED) is 0.671. The summed E-state index contributed by atoms with van der Waals surface area (Å²) in [7, 11) is 0. The third-order valence-corrected chi connectivity index (χ3v) is 5.00. The van der Waals surface area contributed by atoms with Gasteiger partial charge in [-0.3, -0.25) is 9.59 Å². The number of nitrogens with one attached hydrogen (secondary N) is 1. The first-order valence-electron chi connectivity index (χ1n) is 7.55. The second kappa shape index (κ2) is 8.08. The zero-order chi connectivity index (χ0) is 15.9. The lowest BCUT2D eigenvalue weighted by atomic mass is 9.86. The van der Waals surface area contributed by atoms with E-state index >= 15 is 0 Å². The van der Waals surface area contributed by atoms with E-state index in [2.05, 4.69) is 5.32 Å². The monoisotopic (exact) mass is 322 g/mol. The van der Waals surface area contributed by atoms with Crippen LogP contribution in [0.25, 0.3) is 0 Å². The van der Waals surface area contributed by atoms with E-state index in [1.165, 1.54) is 0 Å². The van der Waals surface area contributed by atoms with Gasteiger partial charge in [-0.25, -0.2) is 0 Å². The number of carboxylic acids is 1. The fraction of sp³-hybridized carbons (Fsp3) is 0.500. The van der Waals surface area contributed by atoms with Gasteiger partial charge in [-0.1, -0.05) is 12.1 Å². The van der Waals surface area contributed by atoms with Crippen LogP contribution in [0, 0.1) is 5.92 Å². The van der Waals surface area contributed by atoms with Gasteiger partial charge in [-0.15, -0.1) is 11.8 Å². The lowest BCUT2D eigenvalue weighted by Gasteiger charge is -2.28. The van der Waals surface area contributed by atoms with Crippen LogP contribution in [-0.4, -0.2) is 28.8 Å². The fourth-order valence-corrected chi connectivity index (χ4v) is 3.66. The number of aliphatic carboxylic acids is 1. The van der Waals surface area contributed by atoms with Crippen molar-refractivity contribution in [3.05, 3.63) is 24.3 Å². The number of amides is 1. The molecule has 0 saturated heterocycles. The van der Waals surface area contributed by atoms with Gasteiger partial charge in [0.1, 0.15) is 0 Å². The SMILES string of the molecule is NC(=O)CCSc1ccccc1NC1CCC(C(=O)O)CC1. The Balaban J connectivity index is 1.90. The highest BCUT2D eigenvalue weighted by Crippen LogP contribution is 2.31. The zero-order valence-corrected chi connectivity index (χ0v) is 13.3. The minimum absolute atomic E-state index is 0.196. The van der Waals surface area contributed by atoms with Gasteiger partial charge in [0.15, 0.2) is 0 Å². The largest absolute Gasteiger partial charge is 0.481 e. The lowest BCUT2D eigenvalue weighted by Crippen LogP contribution is -2.29. The highest BCUT2D eigenvalue weighted by Gasteiger charge is 2.26. The molecule has 0 heterocycles. The number of nitrogens with two attached hydrogens (primary N) is 1. The molecule has 0 spiro atoms. The number of para-hydroxylation sites is 1. The van der Waals surface area contributed by atoms with E-state index in [0.29, 0.717) is 18.2 Å². The van der Waals surface area contributed by atoms with E-state index in [1.807, 2.05) is 24.3 Å². The minimum Gasteiger partial charge on any atom is -0.481 e. The molecule has 2 rings (SSSR count).